The Balaban J connectivity index is 0.000000112. The Morgan fingerprint density at radius 2 is 0.717 bits per heavy atom. The molecule has 5 saturated heterocycles. The van der Waals surface area contributed by atoms with Crippen LogP contribution in [0.4, 0.5) is 29.1 Å². The summed E-state index contributed by atoms with van der Waals surface area (Å²) in [5.41, 5.74) is 40.7. The first-order chi connectivity index (χ1) is 61.6. The molecule has 10 N–H and O–H groups in total. The van der Waals surface area contributed by atoms with Crippen LogP contribution in [0.25, 0.3) is 51.1 Å². The van der Waals surface area contributed by atoms with Crippen LogP contribution in [-0.2, 0) is 64.2 Å². The van der Waals surface area contributed by atoms with Crippen molar-refractivity contribution in [2.24, 2.45) is 23.2 Å². The highest BCUT2D eigenvalue weighted by molar-refractivity contribution is 8.00. The summed E-state index contributed by atoms with van der Waals surface area (Å²) in [5.74, 6) is 11.7. The van der Waals surface area contributed by atoms with Gasteiger partial charge in [-0.25, -0.2) is 49.8 Å². The number of thiophene rings is 5. The lowest BCUT2D eigenvalue weighted by Gasteiger charge is -2.33. The van der Waals surface area contributed by atoms with Crippen LogP contribution < -0.4 is 28.7 Å². The van der Waals surface area contributed by atoms with Crippen LogP contribution in [-0.4, -0.2) is 202 Å². The molecular weight excluding hydrogens is 1770 g/mol. The first-order valence-electron chi connectivity index (χ1n) is 47.7. The third-order valence-corrected chi connectivity index (χ3v) is 39.6. The minimum absolute atomic E-state index is 0.361. The van der Waals surface area contributed by atoms with Crippen molar-refractivity contribution < 1.29 is 0 Å². The van der Waals surface area contributed by atoms with Gasteiger partial charge >= 0.3 is 0 Å². The quantitative estimate of drug-likeness (QED) is 0.0254. The fourth-order valence-electron chi connectivity index (χ4n) is 21.5. The highest BCUT2D eigenvalue weighted by Crippen LogP contribution is 2.49. The highest BCUT2D eigenvalue weighted by Gasteiger charge is 2.35. The summed E-state index contributed by atoms with van der Waals surface area (Å²) in [6.45, 7) is 16.8. The number of hydrogen-bond acceptors (Lipinski definition) is 30. The molecule has 11 aromatic rings. The molecule has 0 spiro atoms. The van der Waals surface area contributed by atoms with Gasteiger partial charge in [0.2, 0.25) is 0 Å². The van der Waals surface area contributed by atoms with Gasteiger partial charge in [-0.1, -0.05) is 130 Å². The summed E-state index contributed by atoms with van der Waals surface area (Å²) >= 11 is 18.0. The first-order valence-corrected chi connectivity index (χ1v) is 56.7. The second kappa shape index (κ2) is 43.1. The first kappa shape index (κ1) is 93.8. The summed E-state index contributed by atoms with van der Waals surface area (Å²) in [6, 6.07) is 13.8. The molecule has 30 heteroatoms. The number of thioether (sulfide) groups is 5. The Morgan fingerprint density at radius 1 is 0.354 bits per heavy atom. The Bertz CT molecular complexity index is 5560. The van der Waals surface area contributed by atoms with Gasteiger partial charge in [0.25, 0.3) is 0 Å². The molecule has 5 aliphatic carbocycles. The normalized spacial score (nSPS) is 22.9. The maximum absolute atomic E-state index is 6.42. The Hall–Kier alpha value is -5.03. The molecule has 0 bridgehead atoms. The third-order valence-electron chi connectivity index (χ3n) is 29.2. The van der Waals surface area contributed by atoms with E-state index in [1.807, 2.05) is 56.7 Å². The molecule has 684 valence electrons. The Kier molecular flexibility index (Phi) is 31.8. The maximum atomic E-state index is 6.42. The van der Waals surface area contributed by atoms with E-state index in [0.717, 1.165) is 186 Å². The van der Waals surface area contributed by atoms with Crippen LogP contribution in [0.1, 0.15) is 233 Å². The van der Waals surface area contributed by atoms with Crippen LogP contribution in [0, 0.1) is 23.2 Å². The zero-order chi connectivity index (χ0) is 88.0. The van der Waals surface area contributed by atoms with E-state index < -0.39 is 0 Å². The van der Waals surface area contributed by atoms with Crippen molar-refractivity contribution in [1.82, 2.24) is 74.3 Å². The molecule has 20 nitrogen and oxygen atoms in total. The molecular formula is C97H136N20S10. The van der Waals surface area contributed by atoms with Gasteiger partial charge in [-0.3, -0.25) is 0 Å². The van der Waals surface area contributed by atoms with Gasteiger partial charge < -0.3 is 53.2 Å². The van der Waals surface area contributed by atoms with E-state index in [0.29, 0.717) is 46.5 Å². The van der Waals surface area contributed by atoms with E-state index >= 15 is 0 Å². The van der Waals surface area contributed by atoms with Crippen molar-refractivity contribution in [2.45, 2.75) is 289 Å². The number of nitrogen functional groups attached to an aromatic ring is 5. The predicted octanol–water partition coefficient (Wildman–Crippen LogP) is 21.8. The van der Waals surface area contributed by atoms with Crippen molar-refractivity contribution in [2.75, 3.05) is 132 Å². The van der Waals surface area contributed by atoms with Crippen LogP contribution >= 0.6 is 115 Å². The van der Waals surface area contributed by atoms with E-state index in [-0.39, 0.29) is 0 Å². The molecule has 10 aliphatic rings. The van der Waals surface area contributed by atoms with Crippen molar-refractivity contribution in [1.29, 1.82) is 0 Å². The lowest BCUT2D eigenvalue weighted by Crippen LogP contribution is -2.33. The van der Waals surface area contributed by atoms with E-state index in [9.17, 15) is 0 Å². The van der Waals surface area contributed by atoms with Crippen molar-refractivity contribution >= 4 is 196 Å². The second-order valence-corrected chi connectivity index (χ2v) is 49.4. The Morgan fingerprint density at radius 3 is 1.13 bits per heavy atom. The molecule has 10 aromatic heterocycles. The summed E-state index contributed by atoms with van der Waals surface area (Å²) in [7, 11) is 11.2. The van der Waals surface area contributed by atoms with Gasteiger partial charge in [0.05, 0.1) is 26.9 Å². The zero-order valence-corrected chi connectivity index (χ0v) is 84.8. The molecule has 0 radical (unpaired) electrons. The van der Waals surface area contributed by atoms with E-state index in [1.54, 1.807) is 58.8 Å². The molecule has 0 saturated carbocycles. The Labute approximate surface area is 795 Å². The summed E-state index contributed by atoms with van der Waals surface area (Å²) in [4.78, 5) is 72.7. The van der Waals surface area contributed by atoms with E-state index in [1.165, 1.54) is 258 Å². The van der Waals surface area contributed by atoms with Crippen LogP contribution in [0.2, 0.25) is 0 Å². The number of aromatic nitrogens is 10. The number of likely N-dealkylation sites (tertiary alicyclic amines) is 5. The minimum Gasteiger partial charge on any atom is -0.383 e. The average Bonchev–Trinajstić information content (AvgIpc) is 1.65. The van der Waals surface area contributed by atoms with Crippen molar-refractivity contribution in [3.05, 3.63) is 88.1 Å². The molecule has 0 amide bonds. The largest absolute Gasteiger partial charge is 0.383 e. The lowest BCUT2D eigenvalue weighted by molar-refractivity contribution is 0.218. The van der Waals surface area contributed by atoms with Crippen molar-refractivity contribution in [3.63, 3.8) is 0 Å². The van der Waals surface area contributed by atoms with Crippen LogP contribution in [0.15, 0.2) is 56.1 Å². The molecule has 5 aliphatic heterocycles. The predicted molar refractivity (Wildman–Crippen MR) is 549 cm³/mol. The number of nitrogens with zero attached hydrogens (tertiary/aromatic N) is 15. The minimum atomic E-state index is 0.361. The van der Waals surface area contributed by atoms with Crippen LogP contribution in [0.5, 0.6) is 0 Å². The number of anilines is 5. The molecule has 8 unspecified atom stereocenters. The monoisotopic (exact) mass is 1900 g/mol. The summed E-state index contributed by atoms with van der Waals surface area (Å²) < 4.78 is 0. The SMILES string of the molecule is CCC1CCc2c(sc3nc(SCCC4CCCN4C)nc(N)c23)C1.CN1CCCC(CSc2nc(N)c3c4c(sc3n2)CCC4)C1.CN1CCCC1CCSc1nc(N)c2c3c(sc2n1)CC(C(C)(C)C)CC3.CN1CCCC1CCSc1nc(N)c2c3c(sc2n1)CC(c1ccccc1)CC3.CN1CCCC1CCSc1nc(N)c2c3c(sc2n1)CCCCC3. The highest BCUT2D eigenvalue weighted by atomic mass is 32.2. The van der Waals surface area contributed by atoms with Gasteiger partial charge in [0, 0.05) is 83.9 Å². The standard InChI is InChI=1S/C23H28N4S2.C21H32N4S2.C19H28N4S2.C18H26N4S2.C16H22N4S2/c1-27-12-5-8-17(27)11-13-28-23-25-21(24)20-18-10-9-16(15-6-3-2-4-7-15)14-19(18)29-22(20)26-23;1-21(2,3)13-7-8-15-16(12-13)27-19-17(15)18(22)23-20(24-19)26-11-9-14-6-5-10-25(14)4;1-3-12-6-7-14-15(11-12)25-18-16(14)17(20)21-19(22-18)24-10-8-13-5-4-9-23(13)2;1-22-10-5-6-12(22)9-11-23-18-20-16(19)15-13-7-3-2-4-8-14(13)24-17(15)21-18;1-20-7-3-4-10(8-20)9-21-16-18-14(17)13-11-5-2-6-12(11)22-15(13)19-16/h2-4,6-7,16-17H,5,8-14H2,1H3,(H2,24,25,26);13-14H,5-12H2,1-4H3,(H2,22,23,24);12-13H,3-11H2,1-2H3,(H2,20,21,22);12H,2-11H2,1H3,(H2,19,20,21);10H,2-9H2,1H3,(H2,17,18,19). The molecule has 127 heavy (non-hydrogen) atoms. The van der Waals surface area contributed by atoms with E-state index in [2.05, 4.69) is 143 Å². The number of nitrogens with two attached hydrogens (primary N) is 5. The molecule has 21 rings (SSSR count). The van der Waals surface area contributed by atoms with Crippen molar-refractivity contribution in [3.8, 4) is 0 Å². The number of fused-ring (bicyclic) bond motifs is 15. The van der Waals surface area contributed by atoms with Gasteiger partial charge in [-0.05, 0) is 323 Å². The fraction of sp³-hybridized carbons (Fsp3) is 0.629. The van der Waals surface area contributed by atoms with Gasteiger partial charge in [-0.15, -0.1) is 56.7 Å². The number of benzene rings is 1. The summed E-state index contributed by atoms with van der Waals surface area (Å²) in [5, 5.41) is 9.97. The average molecular weight is 1900 g/mol. The smallest absolute Gasteiger partial charge is 0.190 e. The maximum Gasteiger partial charge on any atom is 0.190 e. The van der Waals surface area contributed by atoms with Gasteiger partial charge in [-0.2, -0.15) is 0 Å². The van der Waals surface area contributed by atoms with Gasteiger partial charge in [0.15, 0.2) is 25.8 Å². The van der Waals surface area contributed by atoms with E-state index in [4.69, 9.17) is 53.6 Å². The summed E-state index contributed by atoms with van der Waals surface area (Å²) in [6.07, 6.45) is 39.6. The zero-order valence-electron chi connectivity index (χ0n) is 76.6. The topological polar surface area (TPSA) is 275 Å². The van der Waals surface area contributed by atoms with Gasteiger partial charge in [0.1, 0.15) is 53.2 Å². The lowest BCUT2D eigenvalue weighted by atomic mass is 9.72. The number of aryl methyl sites for hydroxylation is 7. The fourth-order valence-corrected chi connectivity index (χ4v) is 32.8. The number of rotatable bonds is 21. The number of piperidine rings is 1. The third kappa shape index (κ3) is 22.6. The van der Waals surface area contributed by atoms with Crippen LogP contribution in [0.3, 0.4) is 0 Å². The second-order valence-electron chi connectivity index (χ2n) is 38.7. The number of hydrogen-bond donors (Lipinski definition) is 5. The molecule has 5 fully saturated rings. The molecule has 1 aromatic carbocycles. The molecule has 8 atom stereocenters. The molecule has 15 heterocycles.